The van der Waals surface area contributed by atoms with Gasteiger partial charge >= 0.3 is 6.09 Å². The van der Waals surface area contributed by atoms with Crippen LogP contribution in [0.4, 0.5) is 10.5 Å². The molecule has 5 heteroatoms. The number of amides is 1. The van der Waals surface area contributed by atoms with Gasteiger partial charge in [-0.2, -0.15) is 0 Å². The summed E-state index contributed by atoms with van der Waals surface area (Å²) in [6.07, 6.45) is 4.12. The van der Waals surface area contributed by atoms with Crippen molar-refractivity contribution in [1.29, 1.82) is 0 Å². The monoisotopic (exact) mass is 329 g/mol. The molecular weight excluding hydrogens is 302 g/mol. The lowest BCUT2D eigenvalue weighted by Crippen LogP contribution is -2.46. The van der Waals surface area contributed by atoms with E-state index >= 15 is 0 Å². The van der Waals surface area contributed by atoms with Crippen molar-refractivity contribution in [2.24, 2.45) is 0 Å². The number of benzene rings is 1. The van der Waals surface area contributed by atoms with Crippen LogP contribution >= 0.6 is 0 Å². The van der Waals surface area contributed by atoms with Gasteiger partial charge in [0.25, 0.3) is 0 Å². The Labute approximate surface area is 144 Å². The van der Waals surface area contributed by atoms with Crippen molar-refractivity contribution in [2.75, 3.05) is 44.7 Å². The molecule has 1 fully saturated rings. The molecule has 24 heavy (non-hydrogen) atoms. The minimum Gasteiger partial charge on any atom is -0.465 e. The molecule has 0 spiro atoms. The molecule has 1 aromatic carbocycles. The fourth-order valence-electron chi connectivity index (χ4n) is 3.87. The summed E-state index contributed by atoms with van der Waals surface area (Å²) < 4.78 is 0. The van der Waals surface area contributed by atoms with E-state index in [2.05, 4.69) is 34.6 Å². The quantitative estimate of drug-likeness (QED) is 0.863. The van der Waals surface area contributed by atoms with Crippen LogP contribution in [-0.4, -0.2) is 60.8 Å². The molecule has 1 unspecified atom stereocenters. The zero-order chi connectivity index (χ0) is 17.1. The Kier molecular flexibility index (Phi) is 5.09. The van der Waals surface area contributed by atoms with Gasteiger partial charge in [-0.1, -0.05) is 12.1 Å². The standard InChI is InChI=1S/C19H27N3O2/c1-3-9-21-10-12-22(13-11-21)16-8-7-15-5-4-6-18(17(15)14-16)20(2)19(23)24/h3,7-8,14,18H,1,4-6,9-13H2,2H3,(H,23,24). The van der Waals surface area contributed by atoms with E-state index in [0.29, 0.717) is 0 Å². The Bertz CT molecular complexity index is 609. The number of fused-ring (bicyclic) bond motifs is 1. The molecule has 1 heterocycles. The Morgan fingerprint density at radius 3 is 2.79 bits per heavy atom. The lowest BCUT2D eigenvalue weighted by atomic mass is 9.86. The number of hydrogen-bond acceptors (Lipinski definition) is 3. The summed E-state index contributed by atoms with van der Waals surface area (Å²) in [5, 5.41) is 9.36. The Balaban J connectivity index is 1.79. The second-order valence-electron chi connectivity index (χ2n) is 6.76. The summed E-state index contributed by atoms with van der Waals surface area (Å²) in [5.41, 5.74) is 3.71. The van der Waals surface area contributed by atoms with Crippen LogP contribution in [0.5, 0.6) is 0 Å². The lowest BCUT2D eigenvalue weighted by molar-refractivity contribution is 0.133. The molecule has 1 saturated heterocycles. The molecule has 1 amide bonds. The predicted octanol–water partition coefficient (Wildman–Crippen LogP) is 2.98. The number of rotatable bonds is 4. The van der Waals surface area contributed by atoms with Gasteiger partial charge < -0.3 is 14.9 Å². The number of aryl methyl sites for hydroxylation is 1. The van der Waals surface area contributed by atoms with Crippen LogP contribution in [0.2, 0.25) is 0 Å². The summed E-state index contributed by atoms with van der Waals surface area (Å²) in [4.78, 5) is 17.7. The third kappa shape index (κ3) is 3.41. The minimum absolute atomic E-state index is 0.0201. The lowest BCUT2D eigenvalue weighted by Gasteiger charge is -2.37. The van der Waals surface area contributed by atoms with Gasteiger partial charge in [-0.3, -0.25) is 4.90 Å². The van der Waals surface area contributed by atoms with Crippen molar-refractivity contribution in [3.8, 4) is 0 Å². The summed E-state index contributed by atoms with van der Waals surface area (Å²) in [5.74, 6) is 0. The van der Waals surface area contributed by atoms with Crippen LogP contribution in [0, 0.1) is 0 Å². The highest BCUT2D eigenvalue weighted by Crippen LogP contribution is 2.36. The van der Waals surface area contributed by atoms with E-state index in [1.54, 1.807) is 7.05 Å². The zero-order valence-electron chi connectivity index (χ0n) is 14.4. The molecule has 1 aromatic rings. The molecule has 0 radical (unpaired) electrons. The van der Waals surface area contributed by atoms with Crippen LogP contribution in [-0.2, 0) is 6.42 Å². The molecule has 130 valence electrons. The highest BCUT2D eigenvalue weighted by molar-refractivity contribution is 5.66. The van der Waals surface area contributed by atoms with Gasteiger partial charge in [-0.05, 0) is 42.5 Å². The Morgan fingerprint density at radius 2 is 2.12 bits per heavy atom. The topological polar surface area (TPSA) is 47.0 Å². The zero-order valence-corrected chi connectivity index (χ0v) is 14.4. The van der Waals surface area contributed by atoms with Crippen molar-refractivity contribution < 1.29 is 9.90 Å². The number of carboxylic acid groups (broad SMARTS) is 1. The highest BCUT2D eigenvalue weighted by atomic mass is 16.4. The highest BCUT2D eigenvalue weighted by Gasteiger charge is 2.27. The van der Waals surface area contributed by atoms with Gasteiger partial charge in [-0.15, -0.1) is 6.58 Å². The summed E-state index contributed by atoms with van der Waals surface area (Å²) in [7, 11) is 1.68. The molecule has 1 atom stereocenters. The molecule has 2 aliphatic rings. The number of carbonyl (C=O) groups is 1. The summed E-state index contributed by atoms with van der Waals surface area (Å²) in [6.45, 7) is 8.86. The number of anilines is 1. The first-order valence-corrected chi connectivity index (χ1v) is 8.77. The van der Waals surface area contributed by atoms with Crippen molar-refractivity contribution in [2.45, 2.75) is 25.3 Å². The number of hydrogen-bond donors (Lipinski definition) is 1. The first-order chi connectivity index (χ1) is 11.6. The van der Waals surface area contributed by atoms with Gasteiger partial charge in [0.2, 0.25) is 0 Å². The first-order valence-electron chi connectivity index (χ1n) is 8.77. The fraction of sp³-hybridized carbons (Fsp3) is 0.526. The number of nitrogens with zero attached hydrogens (tertiary/aromatic N) is 3. The molecule has 1 aliphatic carbocycles. The molecule has 0 aromatic heterocycles. The Hall–Kier alpha value is -2.01. The van der Waals surface area contributed by atoms with Crippen LogP contribution in [0.25, 0.3) is 0 Å². The van der Waals surface area contributed by atoms with Crippen molar-refractivity contribution >= 4 is 11.8 Å². The van der Waals surface area contributed by atoms with Gasteiger partial charge in [0, 0.05) is 45.5 Å². The summed E-state index contributed by atoms with van der Waals surface area (Å²) >= 11 is 0. The SMILES string of the molecule is C=CCN1CCN(c2ccc3c(c2)C(N(C)C(=O)O)CCC3)CC1. The van der Waals surface area contributed by atoms with E-state index in [-0.39, 0.29) is 6.04 Å². The minimum atomic E-state index is -0.851. The average molecular weight is 329 g/mol. The van der Waals surface area contributed by atoms with Crippen LogP contribution in [0.3, 0.4) is 0 Å². The van der Waals surface area contributed by atoms with E-state index in [0.717, 1.165) is 52.0 Å². The van der Waals surface area contributed by atoms with Crippen LogP contribution < -0.4 is 4.90 Å². The number of piperazine rings is 1. The fourth-order valence-corrected chi connectivity index (χ4v) is 3.87. The average Bonchev–Trinajstić information content (AvgIpc) is 2.61. The van der Waals surface area contributed by atoms with Gasteiger partial charge in [0.1, 0.15) is 0 Å². The normalized spacial score (nSPS) is 21.2. The van der Waals surface area contributed by atoms with E-state index < -0.39 is 6.09 Å². The largest absolute Gasteiger partial charge is 0.465 e. The van der Waals surface area contributed by atoms with E-state index in [9.17, 15) is 9.90 Å². The third-order valence-corrected chi connectivity index (χ3v) is 5.31. The third-order valence-electron chi connectivity index (χ3n) is 5.31. The van der Waals surface area contributed by atoms with Crippen LogP contribution in [0.1, 0.15) is 30.0 Å². The maximum absolute atomic E-state index is 11.4. The molecular formula is C19H27N3O2. The van der Waals surface area contributed by atoms with Gasteiger partial charge in [0.05, 0.1) is 6.04 Å². The summed E-state index contributed by atoms with van der Waals surface area (Å²) in [6, 6.07) is 6.60. The van der Waals surface area contributed by atoms with E-state index in [1.165, 1.54) is 21.7 Å². The smallest absolute Gasteiger partial charge is 0.407 e. The van der Waals surface area contributed by atoms with Gasteiger partial charge in [-0.25, -0.2) is 4.79 Å². The molecule has 0 bridgehead atoms. The second-order valence-corrected chi connectivity index (χ2v) is 6.76. The Morgan fingerprint density at radius 1 is 1.38 bits per heavy atom. The maximum Gasteiger partial charge on any atom is 0.407 e. The predicted molar refractivity (Wildman–Crippen MR) is 96.8 cm³/mol. The van der Waals surface area contributed by atoms with Crippen molar-refractivity contribution in [3.63, 3.8) is 0 Å². The first kappa shape index (κ1) is 16.8. The molecule has 5 nitrogen and oxygen atoms in total. The van der Waals surface area contributed by atoms with Crippen molar-refractivity contribution in [3.05, 3.63) is 42.0 Å². The van der Waals surface area contributed by atoms with E-state index in [4.69, 9.17) is 0 Å². The van der Waals surface area contributed by atoms with Crippen LogP contribution in [0.15, 0.2) is 30.9 Å². The maximum atomic E-state index is 11.4. The molecule has 3 rings (SSSR count). The molecule has 1 aliphatic heterocycles. The second kappa shape index (κ2) is 7.26. The van der Waals surface area contributed by atoms with Gasteiger partial charge in [0.15, 0.2) is 0 Å². The molecule has 1 N–H and O–H groups in total. The van der Waals surface area contributed by atoms with E-state index in [1.807, 2.05) is 6.08 Å². The van der Waals surface area contributed by atoms with Crippen molar-refractivity contribution in [1.82, 2.24) is 9.80 Å². The molecule has 0 saturated carbocycles.